The molecule has 0 aliphatic carbocycles. The van der Waals surface area contributed by atoms with Crippen molar-refractivity contribution in [3.05, 3.63) is 42.2 Å². The van der Waals surface area contributed by atoms with Gasteiger partial charge in [0.1, 0.15) is 0 Å². The summed E-state index contributed by atoms with van der Waals surface area (Å²) in [6.07, 6.45) is 0.314. The maximum Gasteiger partial charge on any atom is 0.416 e. The van der Waals surface area contributed by atoms with Crippen molar-refractivity contribution < 1.29 is 18.0 Å². The zero-order chi connectivity index (χ0) is 18.6. The lowest BCUT2D eigenvalue weighted by atomic mass is 10.1. The number of piperidine rings is 1. The van der Waals surface area contributed by atoms with Gasteiger partial charge < -0.3 is 10.6 Å². The first-order valence-electron chi connectivity index (χ1n) is 8.20. The van der Waals surface area contributed by atoms with E-state index in [1.165, 1.54) is 24.5 Å². The number of amides is 2. The van der Waals surface area contributed by atoms with Crippen LogP contribution in [-0.2, 0) is 6.18 Å². The summed E-state index contributed by atoms with van der Waals surface area (Å²) in [5.74, 6) is 0.226. The summed E-state index contributed by atoms with van der Waals surface area (Å²) in [7, 11) is 0. The minimum atomic E-state index is -4.39. The molecule has 1 aliphatic heterocycles. The fraction of sp³-hybridized carbons (Fsp3) is 0.353. The van der Waals surface area contributed by atoms with Gasteiger partial charge in [0.2, 0.25) is 0 Å². The highest BCUT2D eigenvalue weighted by molar-refractivity contribution is 5.88. The Morgan fingerprint density at radius 2 is 1.96 bits per heavy atom. The summed E-state index contributed by atoms with van der Waals surface area (Å²) in [5.41, 5.74) is 0.117. The highest BCUT2D eigenvalue weighted by Crippen LogP contribution is 2.30. The molecule has 2 heterocycles. The van der Waals surface area contributed by atoms with Crippen LogP contribution in [0, 0.1) is 0 Å². The van der Waals surface area contributed by atoms with Crippen molar-refractivity contribution in [3.8, 4) is 11.3 Å². The van der Waals surface area contributed by atoms with E-state index in [4.69, 9.17) is 0 Å². The van der Waals surface area contributed by atoms with E-state index in [2.05, 4.69) is 25.9 Å². The van der Waals surface area contributed by atoms with Crippen LogP contribution in [0.15, 0.2) is 36.7 Å². The Kier molecular flexibility index (Phi) is 5.36. The lowest BCUT2D eigenvalue weighted by molar-refractivity contribution is -0.137. The molecule has 1 aromatic carbocycles. The zero-order valence-corrected chi connectivity index (χ0v) is 13.8. The Hall–Kier alpha value is -2.68. The highest BCUT2D eigenvalue weighted by Gasteiger charge is 2.30. The van der Waals surface area contributed by atoms with Gasteiger partial charge >= 0.3 is 12.2 Å². The third-order valence-electron chi connectivity index (χ3n) is 4.02. The molecule has 0 radical (unpaired) electrons. The van der Waals surface area contributed by atoms with Gasteiger partial charge in [-0.25, -0.2) is 9.78 Å². The molecule has 138 valence electrons. The Labute approximate surface area is 148 Å². The lowest BCUT2D eigenvalue weighted by Crippen LogP contribution is -2.47. The second-order valence-electron chi connectivity index (χ2n) is 6.01. The molecule has 0 saturated carbocycles. The van der Waals surface area contributed by atoms with E-state index in [1.807, 2.05) is 0 Å². The fourth-order valence-corrected chi connectivity index (χ4v) is 2.71. The number of nitrogens with one attached hydrogen (secondary N) is 3. The molecular formula is C17H18F3N5O. The van der Waals surface area contributed by atoms with Gasteiger partial charge in [-0.05, 0) is 31.5 Å². The van der Waals surface area contributed by atoms with Gasteiger partial charge in [-0.3, -0.25) is 10.3 Å². The third-order valence-corrected chi connectivity index (χ3v) is 4.02. The molecule has 2 amide bonds. The van der Waals surface area contributed by atoms with Crippen molar-refractivity contribution in [1.82, 2.24) is 20.6 Å². The minimum Gasteiger partial charge on any atom is -0.334 e. The van der Waals surface area contributed by atoms with E-state index in [0.29, 0.717) is 17.8 Å². The fourth-order valence-electron chi connectivity index (χ4n) is 2.71. The number of carbonyl (C=O) groups is 1. The van der Waals surface area contributed by atoms with Gasteiger partial charge in [-0.15, -0.1) is 0 Å². The Bertz CT molecular complexity index is 758. The average Bonchev–Trinajstić information content (AvgIpc) is 2.62. The van der Waals surface area contributed by atoms with E-state index < -0.39 is 17.8 Å². The second kappa shape index (κ2) is 7.69. The molecule has 3 rings (SSSR count). The van der Waals surface area contributed by atoms with E-state index >= 15 is 0 Å². The maximum atomic E-state index is 12.6. The highest BCUT2D eigenvalue weighted by atomic mass is 19.4. The Morgan fingerprint density at radius 3 is 2.62 bits per heavy atom. The van der Waals surface area contributed by atoms with Gasteiger partial charge in [-0.1, -0.05) is 12.1 Å². The maximum absolute atomic E-state index is 12.6. The SMILES string of the molecule is O=C(Nc1cncc(-c2ccc(C(F)(F)F)cc2)n1)N[C@H]1CCCNC1. The number of alkyl halides is 3. The molecule has 26 heavy (non-hydrogen) atoms. The molecule has 1 aliphatic rings. The number of hydrogen-bond acceptors (Lipinski definition) is 4. The first-order valence-corrected chi connectivity index (χ1v) is 8.20. The predicted octanol–water partition coefficient (Wildman–Crippen LogP) is 3.04. The molecule has 0 unspecified atom stereocenters. The topological polar surface area (TPSA) is 78.9 Å². The molecule has 0 bridgehead atoms. The smallest absolute Gasteiger partial charge is 0.334 e. The quantitative estimate of drug-likeness (QED) is 0.781. The number of rotatable bonds is 3. The molecule has 1 atom stereocenters. The Balaban J connectivity index is 1.67. The van der Waals surface area contributed by atoms with Crippen molar-refractivity contribution in [2.24, 2.45) is 0 Å². The summed E-state index contributed by atoms with van der Waals surface area (Å²) >= 11 is 0. The summed E-state index contributed by atoms with van der Waals surface area (Å²) in [6, 6.07) is 4.28. The van der Waals surface area contributed by atoms with Crippen molar-refractivity contribution in [2.75, 3.05) is 18.4 Å². The number of urea groups is 1. The normalized spacial score (nSPS) is 17.6. The van der Waals surface area contributed by atoms with Crippen molar-refractivity contribution in [3.63, 3.8) is 0 Å². The zero-order valence-electron chi connectivity index (χ0n) is 13.8. The largest absolute Gasteiger partial charge is 0.416 e. The van der Waals surface area contributed by atoms with Crippen LogP contribution in [0.2, 0.25) is 0 Å². The summed E-state index contributed by atoms with van der Waals surface area (Å²) < 4.78 is 37.9. The van der Waals surface area contributed by atoms with Crippen molar-refractivity contribution in [2.45, 2.75) is 25.1 Å². The molecule has 2 aromatic rings. The van der Waals surface area contributed by atoms with Crippen molar-refractivity contribution in [1.29, 1.82) is 0 Å². The predicted molar refractivity (Wildman–Crippen MR) is 90.5 cm³/mol. The van der Waals surface area contributed by atoms with E-state index in [-0.39, 0.29) is 11.9 Å². The van der Waals surface area contributed by atoms with E-state index in [0.717, 1.165) is 31.5 Å². The third kappa shape index (κ3) is 4.69. The molecule has 1 saturated heterocycles. The van der Waals surface area contributed by atoms with Crippen LogP contribution in [0.5, 0.6) is 0 Å². The summed E-state index contributed by atoms with van der Waals surface area (Å²) in [4.78, 5) is 20.3. The molecule has 1 aromatic heterocycles. The standard InChI is InChI=1S/C17H18F3N5O/c18-17(19,20)12-5-3-11(4-6-12)14-9-22-10-15(24-14)25-16(26)23-13-2-1-7-21-8-13/h3-6,9-10,13,21H,1-2,7-8H2,(H2,23,24,25,26)/t13-/m0/s1. The monoisotopic (exact) mass is 365 g/mol. The first kappa shape index (κ1) is 18.1. The van der Waals surface area contributed by atoms with Crippen LogP contribution in [0.25, 0.3) is 11.3 Å². The number of carbonyl (C=O) groups excluding carboxylic acids is 1. The number of hydrogen-bond donors (Lipinski definition) is 3. The molecular weight excluding hydrogens is 347 g/mol. The molecule has 0 spiro atoms. The minimum absolute atomic E-state index is 0.0507. The van der Waals surface area contributed by atoms with Crippen LogP contribution in [0.3, 0.4) is 0 Å². The Morgan fingerprint density at radius 1 is 1.19 bits per heavy atom. The first-order chi connectivity index (χ1) is 12.4. The van der Waals surface area contributed by atoms with Gasteiger partial charge in [-0.2, -0.15) is 13.2 Å². The summed E-state index contributed by atoms with van der Waals surface area (Å²) in [6.45, 7) is 1.66. The average molecular weight is 365 g/mol. The van der Waals surface area contributed by atoms with Crippen LogP contribution in [0.4, 0.5) is 23.8 Å². The van der Waals surface area contributed by atoms with Gasteiger partial charge in [0.25, 0.3) is 0 Å². The van der Waals surface area contributed by atoms with Crippen molar-refractivity contribution >= 4 is 11.8 Å². The number of anilines is 1. The molecule has 3 N–H and O–H groups in total. The van der Waals surface area contributed by atoms with Crippen LogP contribution >= 0.6 is 0 Å². The van der Waals surface area contributed by atoms with E-state index in [9.17, 15) is 18.0 Å². The number of halogens is 3. The molecule has 9 heteroatoms. The van der Waals surface area contributed by atoms with E-state index in [1.54, 1.807) is 0 Å². The number of nitrogens with zero attached hydrogens (tertiary/aromatic N) is 2. The lowest BCUT2D eigenvalue weighted by Gasteiger charge is -2.23. The summed E-state index contributed by atoms with van der Waals surface area (Å²) in [5, 5.41) is 8.65. The molecule has 1 fully saturated rings. The van der Waals surface area contributed by atoms with Gasteiger partial charge in [0, 0.05) is 18.2 Å². The van der Waals surface area contributed by atoms with Crippen LogP contribution in [0.1, 0.15) is 18.4 Å². The molecule has 6 nitrogen and oxygen atoms in total. The van der Waals surface area contributed by atoms with Gasteiger partial charge in [0.15, 0.2) is 5.82 Å². The van der Waals surface area contributed by atoms with Crippen LogP contribution in [-0.4, -0.2) is 35.1 Å². The van der Waals surface area contributed by atoms with Crippen LogP contribution < -0.4 is 16.0 Å². The number of aromatic nitrogens is 2. The number of benzene rings is 1. The second-order valence-corrected chi connectivity index (χ2v) is 6.01. The van der Waals surface area contributed by atoms with Gasteiger partial charge in [0.05, 0.1) is 23.7 Å².